The molecule has 1 heterocycles. The van der Waals surface area contributed by atoms with Crippen LogP contribution in [0.25, 0.3) is 0 Å². The number of anilines is 1. The number of halogens is 1. The Morgan fingerprint density at radius 3 is 2.72 bits per heavy atom. The van der Waals surface area contributed by atoms with Gasteiger partial charge in [-0.3, -0.25) is 9.78 Å². The molecule has 1 amide bonds. The molecule has 92 valence electrons. The molecule has 0 saturated carbocycles. The Bertz CT molecular complexity index is 528. The van der Waals surface area contributed by atoms with Gasteiger partial charge in [0.15, 0.2) is 0 Å². The summed E-state index contributed by atoms with van der Waals surface area (Å²) < 4.78 is 0.850. The van der Waals surface area contributed by atoms with Crippen LogP contribution in [0.1, 0.15) is 12.0 Å². The standard InChI is InChI=1S/C14H13BrN2O/c15-12-8-13(10-16-9-12)17-14(18)7-6-11-4-2-1-3-5-11/h1-5,8-10H,6-7H2,(H,17,18). The van der Waals surface area contributed by atoms with Crippen molar-refractivity contribution >= 4 is 27.5 Å². The highest BCUT2D eigenvalue weighted by atomic mass is 79.9. The molecule has 0 saturated heterocycles. The number of amides is 1. The van der Waals surface area contributed by atoms with Gasteiger partial charge in [-0.15, -0.1) is 0 Å². The maximum Gasteiger partial charge on any atom is 0.224 e. The molecule has 1 aromatic carbocycles. The summed E-state index contributed by atoms with van der Waals surface area (Å²) in [6.07, 6.45) is 4.52. The number of nitrogens with zero attached hydrogens (tertiary/aromatic N) is 1. The van der Waals surface area contributed by atoms with Crippen LogP contribution in [0, 0.1) is 0 Å². The molecule has 0 aliphatic rings. The van der Waals surface area contributed by atoms with Crippen LogP contribution in [0.3, 0.4) is 0 Å². The summed E-state index contributed by atoms with van der Waals surface area (Å²) in [6.45, 7) is 0. The lowest BCUT2D eigenvalue weighted by Gasteiger charge is -2.05. The van der Waals surface area contributed by atoms with Gasteiger partial charge in [-0.1, -0.05) is 30.3 Å². The van der Waals surface area contributed by atoms with Crippen molar-refractivity contribution in [1.29, 1.82) is 0 Å². The lowest BCUT2D eigenvalue weighted by Crippen LogP contribution is -2.12. The van der Waals surface area contributed by atoms with Crippen LogP contribution in [0.4, 0.5) is 5.69 Å². The van der Waals surface area contributed by atoms with E-state index in [1.807, 2.05) is 36.4 Å². The van der Waals surface area contributed by atoms with E-state index in [4.69, 9.17) is 0 Å². The zero-order chi connectivity index (χ0) is 12.8. The number of rotatable bonds is 4. The number of aryl methyl sites for hydroxylation is 1. The summed E-state index contributed by atoms with van der Waals surface area (Å²) in [5.74, 6) is -0.00115. The Kier molecular flexibility index (Phi) is 4.47. The smallest absolute Gasteiger partial charge is 0.224 e. The molecular weight excluding hydrogens is 292 g/mol. The maximum absolute atomic E-state index is 11.7. The van der Waals surface area contributed by atoms with Crippen molar-refractivity contribution in [2.24, 2.45) is 0 Å². The predicted octanol–water partition coefficient (Wildman–Crippen LogP) is 3.42. The molecule has 4 heteroatoms. The molecular formula is C14H13BrN2O. The van der Waals surface area contributed by atoms with Gasteiger partial charge in [0.25, 0.3) is 0 Å². The van der Waals surface area contributed by atoms with E-state index in [2.05, 4.69) is 26.2 Å². The molecule has 1 N–H and O–H groups in total. The lowest BCUT2D eigenvalue weighted by atomic mass is 10.1. The Morgan fingerprint density at radius 1 is 1.22 bits per heavy atom. The van der Waals surface area contributed by atoms with E-state index < -0.39 is 0 Å². The van der Waals surface area contributed by atoms with E-state index in [0.29, 0.717) is 12.1 Å². The van der Waals surface area contributed by atoms with Gasteiger partial charge in [0, 0.05) is 17.1 Å². The van der Waals surface area contributed by atoms with Gasteiger partial charge in [-0.2, -0.15) is 0 Å². The Morgan fingerprint density at radius 2 is 2.00 bits per heavy atom. The fourth-order valence-electron chi connectivity index (χ4n) is 1.61. The van der Waals surface area contributed by atoms with Crippen molar-refractivity contribution in [2.45, 2.75) is 12.8 Å². The number of benzene rings is 1. The molecule has 0 aliphatic carbocycles. The van der Waals surface area contributed by atoms with Crippen molar-refractivity contribution in [1.82, 2.24) is 4.98 Å². The van der Waals surface area contributed by atoms with Crippen LogP contribution in [-0.4, -0.2) is 10.9 Å². The van der Waals surface area contributed by atoms with Crippen LogP contribution in [-0.2, 0) is 11.2 Å². The van der Waals surface area contributed by atoms with Crippen molar-refractivity contribution in [3.63, 3.8) is 0 Å². The normalized spacial score (nSPS) is 10.1. The summed E-state index contributed by atoms with van der Waals surface area (Å²) in [7, 11) is 0. The van der Waals surface area contributed by atoms with Crippen LogP contribution in [0.2, 0.25) is 0 Å². The highest BCUT2D eigenvalue weighted by molar-refractivity contribution is 9.10. The van der Waals surface area contributed by atoms with Gasteiger partial charge in [0.1, 0.15) is 0 Å². The Balaban J connectivity index is 1.86. The van der Waals surface area contributed by atoms with Crippen molar-refractivity contribution in [2.75, 3.05) is 5.32 Å². The van der Waals surface area contributed by atoms with Gasteiger partial charge in [-0.05, 0) is 34.0 Å². The highest BCUT2D eigenvalue weighted by Gasteiger charge is 2.03. The van der Waals surface area contributed by atoms with Gasteiger partial charge in [0.05, 0.1) is 11.9 Å². The molecule has 2 aromatic rings. The number of hydrogen-bond acceptors (Lipinski definition) is 2. The molecule has 18 heavy (non-hydrogen) atoms. The zero-order valence-corrected chi connectivity index (χ0v) is 11.4. The minimum atomic E-state index is -0.00115. The molecule has 0 radical (unpaired) electrons. The van der Waals surface area contributed by atoms with E-state index in [0.717, 1.165) is 10.9 Å². The minimum absolute atomic E-state index is 0.00115. The van der Waals surface area contributed by atoms with Crippen molar-refractivity contribution in [3.05, 3.63) is 58.8 Å². The Labute approximate surface area is 114 Å². The van der Waals surface area contributed by atoms with E-state index in [9.17, 15) is 4.79 Å². The molecule has 2 rings (SSSR count). The highest BCUT2D eigenvalue weighted by Crippen LogP contribution is 2.14. The van der Waals surface area contributed by atoms with Crippen LogP contribution >= 0.6 is 15.9 Å². The monoisotopic (exact) mass is 304 g/mol. The third-order valence-electron chi connectivity index (χ3n) is 2.47. The van der Waals surface area contributed by atoms with Crippen LogP contribution in [0.15, 0.2) is 53.3 Å². The van der Waals surface area contributed by atoms with E-state index in [-0.39, 0.29) is 5.91 Å². The van der Waals surface area contributed by atoms with Gasteiger partial charge < -0.3 is 5.32 Å². The molecule has 0 bridgehead atoms. The largest absolute Gasteiger partial charge is 0.325 e. The Hall–Kier alpha value is -1.68. The average Bonchev–Trinajstić information content (AvgIpc) is 2.38. The quantitative estimate of drug-likeness (QED) is 0.940. The fourth-order valence-corrected chi connectivity index (χ4v) is 1.97. The number of carbonyl (C=O) groups is 1. The topological polar surface area (TPSA) is 42.0 Å². The molecule has 0 spiro atoms. The SMILES string of the molecule is O=C(CCc1ccccc1)Nc1cncc(Br)c1. The average molecular weight is 305 g/mol. The van der Waals surface area contributed by atoms with Gasteiger partial charge in [-0.25, -0.2) is 0 Å². The predicted molar refractivity (Wildman–Crippen MR) is 75.3 cm³/mol. The molecule has 0 fully saturated rings. The first-order chi connectivity index (χ1) is 8.74. The van der Waals surface area contributed by atoms with Gasteiger partial charge in [0.2, 0.25) is 5.91 Å². The number of nitrogens with one attached hydrogen (secondary N) is 1. The number of hydrogen-bond donors (Lipinski definition) is 1. The maximum atomic E-state index is 11.7. The summed E-state index contributed by atoms with van der Waals surface area (Å²) in [6, 6.07) is 11.8. The van der Waals surface area contributed by atoms with Crippen molar-refractivity contribution < 1.29 is 4.79 Å². The van der Waals surface area contributed by atoms with Crippen LogP contribution in [0.5, 0.6) is 0 Å². The first kappa shape index (κ1) is 12.8. The third kappa shape index (κ3) is 3.96. The number of aromatic nitrogens is 1. The lowest BCUT2D eigenvalue weighted by molar-refractivity contribution is -0.116. The fraction of sp³-hybridized carbons (Fsp3) is 0.143. The van der Waals surface area contributed by atoms with Crippen molar-refractivity contribution in [3.8, 4) is 0 Å². The zero-order valence-electron chi connectivity index (χ0n) is 9.77. The second-order valence-corrected chi connectivity index (χ2v) is 4.84. The van der Waals surface area contributed by atoms with Gasteiger partial charge >= 0.3 is 0 Å². The van der Waals surface area contributed by atoms with E-state index >= 15 is 0 Å². The second kappa shape index (κ2) is 6.31. The number of carbonyl (C=O) groups excluding carboxylic acids is 1. The van der Waals surface area contributed by atoms with Crippen LogP contribution < -0.4 is 5.32 Å². The summed E-state index contributed by atoms with van der Waals surface area (Å²) in [4.78, 5) is 15.7. The molecule has 0 aliphatic heterocycles. The number of pyridine rings is 1. The summed E-state index contributed by atoms with van der Waals surface area (Å²) in [5.41, 5.74) is 1.88. The summed E-state index contributed by atoms with van der Waals surface area (Å²) in [5, 5.41) is 2.82. The van der Waals surface area contributed by atoms with E-state index in [1.54, 1.807) is 12.4 Å². The first-order valence-corrected chi connectivity index (χ1v) is 6.47. The molecule has 0 atom stereocenters. The molecule has 3 nitrogen and oxygen atoms in total. The molecule has 0 unspecified atom stereocenters. The third-order valence-corrected chi connectivity index (χ3v) is 2.91. The minimum Gasteiger partial charge on any atom is -0.325 e. The summed E-state index contributed by atoms with van der Waals surface area (Å²) >= 11 is 3.31. The second-order valence-electron chi connectivity index (χ2n) is 3.93. The van der Waals surface area contributed by atoms with E-state index in [1.165, 1.54) is 5.56 Å². The molecule has 1 aromatic heterocycles. The first-order valence-electron chi connectivity index (χ1n) is 5.68.